The SMILES string of the molecule is CS(=O)N1CCC(c2cc(N3CCOCC3)cc3[nH]ncc23)CC1. The number of aromatic amines is 1. The van der Waals surface area contributed by atoms with Crippen molar-refractivity contribution in [3.05, 3.63) is 23.9 Å². The topological polar surface area (TPSA) is 61.5 Å². The summed E-state index contributed by atoms with van der Waals surface area (Å²) >= 11 is 0. The van der Waals surface area contributed by atoms with Crippen LogP contribution < -0.4 is 4.90 Å². The van der Waals surface area contributed by atoms with Crippen LogP contribution in [-0.4, -0.2) is 64.4 Å². The van der Waals surface area contributed by atoms with E-state index >= 15 is 0 Å². The number of aromatic nitrogens is 2. The molecule has 24 heavy (non-hydrogen) atoms. The van der Waals surface area contributed by atoms with Gasteiger partial charge in [0.15, 0.2) is 0 Å². The molecule has 2 aliphatic rings. The van der Waals surface area contributed by atoms with Crippen LogP contribution in [0.25, 0.3) is 10.9 Å². The molecule has 7 heteroatoms. The molecule has 130 valence electrons. The first-order valence-corrected chi connectivity index (χ1v) is 10.1. The summed E-state index contributed by atoms with van der Waals surface area (Å²) in [5, 5.41) is 8.62. The average molecular weight is 348 g/mol. The molecule has 0 saturated carbocycles. The largest absolute Gasteiger partial charge is 0.378 e. The molecule has 0 amide bonds. The van der Waals surface area contributed by atoms with Crippen LogP contribution in [0.2, 0.25) is 0 Å². The lowest BCUT2D eigenvalue weighted by molar-refractivity contribution is 0.122. The molecule has 2 aliphatic heterocycles. The molecule has 2 aromatic rings. The third-order valence-corrected chi connectivity index (χ3v) is 6.30. The van der Waals surface area contributed by atoms with E-state index in [0.717, 1.165) is 57.8 Å². The first-order chi connectivity index (χ1) is 11.7. The summed E-state index contributed by atoms with van der Waals surface area (Å²) in [5.41, 5.74) is 3.74. The van der Waals surface area contributed by atoms with Crippen LogP contribution in [0.15, 0.2) is 18.3 Å². The monoisotopic (exact) mass is 348 g/mol. The number of nitrogens with zero attached hydrogens (tertiary/aromatic N) is 3. The van der Waals surface area contributed by atoms with Crippen LogP contribution in [0.1, 0.15) is 24.3 Å². The zero-order valence-electron chi connectivity index (χ0n) is 14.0. The van der Waals surface area contributed by atoms with Gasteiger partial charge < -0.3 is 9.64 Å². The second-order valence-corrected chi connectivity index (χ2v) is 7.96. The molecule has 1 atom stereocenters. The Balaban J connectivity index is 1.64. The summed E-state index contributed by atoms with van der Waals surface area (Å²) in [6.45, 7) is 5.25. The third kappa shape index (κ3) is 3.08. The average Bonchev–Trinajstić information content (AvgIpc) is 3.10. The standard InChI is InChI=1S/C17H24N4O2S/c1-24(22)21-4-2-13(3-5-21)15-10-14(20-6-8-23-9-7-20)11-17-16(15)12-18-19-17/h10-13H,2-9H2,1H3,(H,18,19). The predicted molar refractivity (Wildman–Crippen MR) is 96.7 cm³/mol. The fourth-order valence-electron chi connectivity index (χ4n) is 3.83. The molecular weight excluding hydrogens is 324 g/mol. The number of morpholine rings is 1. The minimum Gasteiger partial charge on any atom is -0.378 e. The van der Waals surface area contributed by atoms with Crippen molar-refractivity contribution in [2.75, 3.05) is 50.5 Å². The third-order valence-electron chi connectivity index (χ3n) is 5.21. The van der Waals surface area contributed by atoms with Crippen molar-refractivity contribution in [2.24, 2.45) is 0 Å². The number of benzene rings is 1. The lowest BCUT2D eigenvalue weighted by Crippen LogP contribution is -2.36. The molecule has 1 aromatic carbocycles. The van der Waals surface area contributed by atoms with E-state index < -0.39 is 11.0 Å². The highest BCUT2D eigenvalue weighted by molar-refractivity contribution is 7.81. The fourth-order valence-corrected chi connectivity index (χ4v) is 4.55. The Hall–Kier alpha value is -1.44. The molecule has 1 N–H and O–H groups in total. The van der Waals surface area contributed by atoms with Crippen molar-refractivity contribution in [3.63, 3.8) is 0 Å². The lowest BCUT2D eigenvalue weighted by atomic mass is 9.88. The molecule has 3 heterocycles. The summed E-state index contributed by atoms with van der Waals surface area (Å²) in [7, 11) is -0.858. The predicted octanol–water partition coefficient (Wildman–Crippen LogP) is 1.87. The summed E-state index contributed by atoms with van der Waals surface area (Å²) in [4.78, 5) is 2.39. The van der Waals surface area contributed by atoms with Gasteiger partial charge in [0.1, 0.15) is 0 Å². The smallest absolute Gasteiger partial charge is 0.0910 e. The Morgan fingerprint density at radius 3 is 2.67 bits per heavy atom. The summed E-state index contributed by atoms with van der Waals surface area (Å²) < 4.78 is 19.2. The van der Waals surface area contributed by atoms with Gasteiger partial charge in [-0.25, -0.2) is 8.51 Å². The molecule has 0 radical (unpaired) electrons. The highest BCUT2D eigenvalue weighted by atomic mass is 32.2. The zero-order valence-corrected chi connectivity index (χ0v) is 14.8. The van der Waals surface area contributed by atoms with Crippen LogP contribution in [0.4, 0.5) is 5.69 Å². The lowest BCUT2D eigenvalue weighted by Gasteiger charge is -2.32. The van der Waals surface area contributed by atoms with E-state index in [1.807, 2.05) is 6.20 Å². The van der Waals surface area contributed by atoms with E-state index in [0.29, 0.717) is 5.92 Å². The van der Waals surface area contributed by atoms with Gasteiger partial charge in [-0.3, -0.25) is 5.10 Å². The van der Waals surface area contributed by atoms with Gasteiger partial charge in [0.05, 0.1) is 35.9 Å². The van der Waals surface area contributed by atoms with Crippen molar-refractivity contribution < 1.29 is 8.95 Å². The maximum atomic E-state index is 11.7. The van der Waals surface area contributed by atoms with Crippen LogP contribution in [-0.2, 0) is 15.7 Å². The van der Waals surface area contributed by atoms with E-state index in [2.05, 4.69) is 31.5 Å². The highest BCUT2D eigenvalue weighted by Gasteiger charge is 2.25. The summed E-state index contributed by atoms with van der Waals surface area (Å²) in [5.74, 6) is 0.505. The number of ether oxygens (including phenoxy) is 1. The number of hydrogen-bond acceptors (Lipinski definition) is 4. The van der Waals surface area contributed by atoms with Gasteiger partial charge in [0, 0.05) is 43.5 Å². The van der Waals surface area contributed by atoms with Crippen molar-refractivity contribution in [1.82, 2.24) is 14.5 Å². The molecule has 2 saturated heterocycles. The quantitative estimate of drug-likeness (QED) is 0.920. The molecule has 1 unspecified atom stereocenters. The van der Waals surface area contributed by atoms with Gasteiger partial charge >= 0.3 is 0 Å². The van der Waals surface area contributed by atoms with E-state index in [1.54, 1.807) is 6.26 Å². The van der Waals surface area contributed by atoms with Gasteiger partial charge in [-0.05, 0) is 36.5 Å². The van der Waals surface area contributed by atoms with Gasteiger partial charge in [-0.15, -0.1) is 0 Å². The van der Waals surface area contributed by atoms with E-state index in [1.165, 1.54) is 16.6 Å². The Morgan fingerprint density at radius 2 is 1.96 bits per heavy atom. The van der Waals surface area contributed by atoms with E-state index in [4.69, 9.17) is 4.74 Å². The van der Waals surface area contributed by atoms with Crippen molar-refractivity contribution in [1.29, 1.82) is 0 Å². The Kier molecular flexibility index (Phi) is 4.56. The molecule has 0 aliphatic carbocycles. The number of nitrogens with one attached hydrogen (secondary N) is 1. The fraction of sp³-hybridized carbons (Fsp3) is 0.588. The number of piperidine rings is 1. The highest BCUT2D eigenvalue weighted by Crippen LogP contribution is 2.36. The number of anilines is 1. The number of rotatable bonds is 3. The zero-order chi connectivity index (χ0) is 16.5. The van der Waals surface area contributed by atoms with Gasteiger partial charge in [0.25, 0.3) is 0 Å². The van der Waals surface area contributed by atoms with Crippen molar-refractivity contribution in [2.45, 2.75) is 18.8 Å². The van der Waals surface area contributed by atoms with Crippen LogP contribution >= 0.6 is 0 Å². The molecule has 4 rings (SSSR count). The van der Waals surface area contributed by atoms with E-state index in [-0.39, 0.29) is 0 Å². The molecular formula is C17H24N4O2S. The molecule has 0 bridgehead atoms. The number of hydrogen-bond donors (Lipinski definition) is 1. The normalized spacial score (nSPS) is 22.1. The van der Waals surface area contributed by atoms with Crippen molar-refractivity contribution in [3.8, 4) is 0 Å². The van der Waals surface area contributed by atoms with Crippen LogP contribution in [0, 0.1) is 0 Å². The van der Waals surface area contributed by atoms with Crippen molar-refractivity contribution >= 4 is 27.6 Å². The minimum absolute atomic E-state index is 0.505. The Labute approximate surface area is 144 Å². The maximum absolute atomic E-state index is 11.7. The first-order valence-electron chi connectivity index (χ1n) is 8.60. The molecule has 6 nitrogen and oxygen atoms in total. The summed E-state index contributed by atoms with van der Waals surface area (Å²) in [6.07, 6.45) is 5.81. The van der Waals surface area contributed by atoms with Gasteiger partial charge in [0.2, 0.25) is 0 Å². The number of H-pyrrole nitrogens is 1. The Morgan fingerprint density at radius 1 is 1.21 bits per heavy atom. The first kappa shape index (κ1) is 16.1. The Bertz CT molecular complexity index is 733. The minimum atomic E-state index is -0.858. The van der Waals surface area contributed by atoms with Crippen LogP contribution in [0.3, 0.4) is 0 Å². The second kappa shape index (κ2) is 6.82. The van der Waals surface area contributed by atoms with Gasteiger partial charge in [-0.2, -0.15) is 5.10 Å². The molecule has 1 aromatic heterocycles. The number of fused-ring (bicyclic) bond motifs is 1. The maximum Gasteiger partial charge on any atom is 0.0910 e. The second-order valence-electron chi connectivity index (χ2n) is 6.59. The molecule has 2 fully saturated rings. The summed E-state index contributed by atoms with van der Waals surface area (Å²) in [6, 6.07) is 4.54. The van der Waals surface area contributed by atoms with Gasteiger partial charge in [-0.1, -0.05) is 0 Å². The van der Waals surface area contributed by atoms with Crippen LogP contribution in [0.5, 0.6) is 0 Å². The molecule has 0 spiro atoms. The van der Waals surface area contributed by atoms with E-state index in [9.17, 15) is 4.21 Å².